The number of nitrogens with zero attached hydrogens (tertiary/aromatic N) is 2. The van der Waals surface area contributed by atoms with E-state index in [2.05, 4.69) is 9.97 Å². The fourth-order valence-corrected chi connectivity index (χ4v) is 4.56. The molecule has 1 amide bonds. The molecule has 0 saturated carbocycles. The van der Waals surface area contributed by atoms with Gasteiger partial charge in [0, 0.05) is 29.8 Å². The molecule has 3 heterocycles. The first-order valence-corrected chi connectivity index (χ1v) is 11.1. The second kappa shape index (κ2) is 9.57. The molecule has 1 saturated heterocycles. The molecule has 1 aliphatic rings. The van der Waals surface area contributed by atoms with Crippen molar-refractivity contribution in [2.24, 2.45) is 0 Å². The summed E-state index contributed by atoms with van der Waals surface area (Å²) in [5.74, 6) is -3.45. The van der Waals surface area contributed by atoms with E-state index in [1.165, 1.54) is 30.2 Å². The molecular weight excluding hydrogens is 455 g/mol. The number of aromatic amines is 2. The van der Waals surface area contributed by atoms with Gasteiger partial charge in [0.15, 0.2) is 0 Å². The zero-order valence-corrected chi connectivity index (χ0v) is 19.6. The van der Waals surface area contributed by atoms with Crippen molar-refractivity contribution in [3.05, 3.63) is 82.5 Å². The SMILES string of the molecule is COC(=O)c1[nH]c(C)c(/C(O)=C2\C(=O)C(=O)N(CCC[n+]3cc[nH]c3)C2c2ccccc2F)c1C. The number of rotatable bonds is 7. The van der Waals surface area contributed by atoms with Crippen molar-refractivity contribution in [1.82, 2.24) is 14.9 Å². The van der Waals surface area contributed by atoms with Crippen LogP contribution < -0.4 is 4.57 Å². The first kappa shape index (κ1) is 23.9. The number of benzene rings is 1. The lowest BCUT2D eigenvalue weighted by molar-refractivity contribution is -0.695. The van der Waals surface area contributed by atoms with E-state index in [0.29, 0.717) is 24.2 Å². The van der Waals surface area contributed by atoms with Gasteiger partial charge in [-0.1, -0.05) is 18.2 Å². The molecule has 1 aliphatic heterocycles. The number of hydrogen-bond acceptors (Lipinski definition) is 5. The van der Waals surface area contributed by atoms with Gasteiger partial charge in [-0.15, -0.1) is 0 Å². The van der Waals surface area contributed by atoms with Crippen LogP contribution in [0.15, 0.2) is 48.6 Å². The fourth-order valence-electron chi connectivity index (χ4n) is 4.56. The summed E-state index contributed by atoms with van der Waals surface area (Å²) < 4.78 is 21.6. The number of amides is 1. The van der Waals surface area contributed by atoms with E-state index >= 15 is 0 Å². The standard InChI is InChI=1S/C25H25FN4O5/c1-14-18(15(2)28-20(14)25(34)35-3)22(31)19-21(16-7-4-5-8-17(16)26)30(24(33)23(19)32)11-6-10-29-12-9-27-13-29/h4-5,7-9,12-13,21H,6,10-11H2,1-3H3,(H2,28,31,32,34)/p+1. The average Bonchev–Trinajstić information content (AvgIpc) is 3.52. The first-order chi connectivity index (χ1) is 16.8. The van der Waals surface area contributed by atoms with Crippen LogP contribution in [0.4, 0.5) is 4.39 Å². The molecule has 1 aromatic carbocycles. The van der Waals surface area contributed by atoms with E-state index in [1.54, 1.807) is 32.4 Å². The quantitative estimate of drug-likeness (QED) is 0.158. The van der Waals surface area contributed by atoms with E-state index in [1.807, 2.05) is 10.8 Å². The third kappa shape index (κ3) is 4.23. The molecule has 0 bridgehead atoms. The normalized spacial score (nSPS) is 17.3. The topological polar surface area (TPSA) is 119 Å². The third-order valence-electron chi connectivity index (χ3n) is 6.22. The highest BCUT2D eigenvalue weighted by molar-refractivity contribution is 6.46. The minimum absolute atomic E-state index is 0.0987. The number of aliphatic hydroxyl groups is 1. The molecule has 1 fully saturated rings. The van der Waals surface area contributed by atoms with Crippen LogP contribution in [0, 0.1) is 19.7 Å². The second-order valence-corrected chi connectivity index (χ2v) is 8.33. The van der Waals surface area contributed by atoms with Crippen LogP contribution in [0.5, 0.6) is 0 Å². The number of ether oxygens (including phenoxy) is 1. The van der Waals surface area contributed by atoms with Gasteiger partial charge in [-0.05, 0) is 25.5 Å². The molecule has 0 aliphatic carbocycles. The van der Waals surface area contributed by atoms with Crippen molar-refractivity contribution in [2.75, 3.05) is 13.7 Å². The Morgan fingerprint density at radius 3 is 2.66 bits per heavy atom. The zero-order chi connectivity index (χ0) is 25.3. The van der Waals surface area contributed by atoms with Crippen molar-refractivity contribution < 1.29 is 33.2 Å². The minimum atomic E-state index is -1.12. The fraction of sp³-hybridized carbons (Fsp3) is 0.280. The van der Waals surface area contributed by atoms with Gasteiger partial charge in [0.2, 0.25) is 6.33 Å². The molecule has 9 nitrogen and oxygen atoms in total. The highest BCUT2D eigenvalue weighted by atomic mass is 19.1. The largest absolute Gasteiger partial charge is 0.507 e. The van der Waals surface area contributed by atoms with Crippen molar-refractivity contribution in [1.29, 1.82) is 0 Å². The lowest BCUT2D eigenvalue weighted by Crippen LogP contribution is -2.36. The third-order valence-corrected chi connectivity index (χ3v) is 6.22. The number of carbonyl (C=O) groups excluding carboxylic acids is 3. The molecule has 4 rings (SSSR count). The summed E-state index contributed by atoms with van der Waals surface area (Å²) >= 11 is 0. The summed E-state index contributed by atoms with van der Waals surface area (Å²) in [4.78, 5) is 45.5. The molecule has 0 radical (unpaired) electrons. The van der Waals surface area contributed by atoms with Gasteiger partial charge in [0.05, 0.1) is 25.3 Å². The van der Waals surface area contributed by atoms with Crippen LogP contribution in [-0.2, 0) is 20.9 Å². The Morgan fingerprint density at radius 2 is 2.00 bits per heavy atom. The van der Waals surface area contributed by atoms with Crippen LogP contribution >= 0.6 is 0 Å². The number of halogens is 1. The van der Waals surface area contributed by atoms with Gasteiger partial charge >= 0.3 is 5.97 Å². The highest BCUT2D eigenvalue weighted by Crippen LogP contribution is 2.41. The number of nitrogens with one attached hydrogen (secondary N) is 2. The van der Waals surface area contributed by atoms with Gasteiger partial charge in [-0.3, -0.25) is 14.6 Å². The van der Waals surface area contributed by atoms with Crippen LogP contribution in [0.3, 0.4) is 0 Å². The molecule has 35 heavy (non-hydrogen) atoms. The van der Waals surface area contributed by atoms with Gasteiger partial charge in [-0.25, -0.2) is 13.8 Å². The summed E-state index contributed by atoms with van der Waals surface area (Å²) in [5.41, 5.74) is 0.953. The zero-order valence-electron chi connectivity index (χ0n) is 19.6. The number of esters is 1. The Labute approximate surface area is 200 Å². The van der Waals surface area contributed by atoms with Gasteiger partial charge in [0.1, 0.15) is 29.7 Å². The van der Waals surface area contributed by atoms with Gasteiger partial charge < -0.3 is 19.7 Å². The number of carbonyl (C=O) groups is 3. The van der Waals surface area contributed by atoms with Gasteiger partial charge in [-0.2, -0.15) is 0 Å². The van der Waals surface area contributed by atoms with Crippen LogP contribution in [-0.4, -0.2) is 51.3 Å². The first-order valence-electron chi connectivity index (χ1n) is 11.1. The Hall–Kier alpha value is -4.21. The van der Waals surface area contributed by atoms with E-state index in [9.17, 15) is 23.9 Å². The van der Waals surface area contributed by atoms with E-state index < -0.39 is 35.3 Å². The summed E-state index contributed by atoms with van der Waals surface area (Å²) in [6.07, 6.45) is 5.85. The number of imidazole rings is 1. The van der Waals surface area contributed by atoms with E-state index in [4.69, 9.17) is 4.74 Å². The summed E-state index contributed by atoms with van der Waals surface area (Å²) in [6.45, 7) is 3.94. The number of likely N-dealkylation sites (tertiary alicyclic amines) is 1. The number of aliphatic hydroxyl groups excluding tert-OH is 1. The van der Waals surface area contributed by atoms with Crippen molar-refractivity contribution in [3.8, 4) is 0 Å². The molecule has 3 N–H and O–H groups in total. The van der Waals surface area contributed by atoms with Crippen molar-refractivity contribution >= 4 is 23.4 Å². The lowest BCUT2D eigenvalue weighted by atomic mass is 9.93. The lowest BCUT2D eigenvalue weighted by Gasteiger charge is -2.25. The molecule has 1 atom stereocenters. The number of H-pyrrole nitrogens is 2. The van der Waals surface area contributed by atoms with Crippen molar-refractivity contribution in [2.45, 2.75) is 32.9 Å². The average molecular weight is 482 g/mol. The summed E-state index contributed by atoms with van der Waals surface area (Å²) in [6, 6.07) is 4.73. The maximum atomic E-state index is 14.9. The van der Waals surface area contributed by atoms with E-state index in [-0.39, 0.29) is 28.9 Å². The highest BCUT2D eigenvalue weighted by Gasteiger charge is 2.47. The van der Waals surface area contributed by atoms with E-state index in [0.717, 1.165) is 0 Å². The predicted octanol–water partition coefficient (Wildman–Crippen LogP) is 2.68. The smallest absolute Gasteiger partial charge is 0.354 e. The molecule has 10 heteroatoms. The number of hydrogen-bond donors (Lipinski definition) is 3. The maximum absolute atomic E-state index is 14.9. The maximum Gasteiger partial charge on any atom is 0.354 e. The Bertz CT molecular complexity index is 1330. The van der Waals surface area contributed by atoms with Gasteiger partial charge in [0.25, 0.3) is 11.7 Å². The molecular formula is C25H26FN4O5+. The predicted molar refractivity (Wildman–Crippen MR) is 123 cm³/mol. The molecule has 2 aromatic heterocycles. The molecule has 0 spiro atoms. The monoisotopic (exact) mass is 481 g/mol. The number of Topliss-reactive ketones (excluding diaryl/α,β-unsaturated/α-hetero) is 1. The molecule has 182 valence electrons. The number of aryl methyl sites for hydroxylation is 2. The van der Waals surface area contributed by atoms with Crippen LogP contribution in [0.2, 0.25) is 0 Å². The van der Waals surface area contributed by atoms with Crippen molar-refractivity contribution in [3.63, 3.8) is 0 Å². The Balaban J connectivity index is 1.81. The minimum Gasteiger partial charge on any atom is -0.507 e. The number of ketones is 1. The second-order valence-electron chi connectivity index (χ2n) is 8.33. The molecule has 1 unspecified atom stereocenters. The molecule has 3 aromatic rings. The summed E-state index contributed by atoms with van der Waals surface area (Å²) in [7, 11) is 1.23. The Kier molecular flexibility index (Phi) is 6.54. The summed E-state index contributed by atoms with van der Waals surface area (Å²) in [5, 5.41) is 11.3. The number of methoxy groups -OCH3 is 1. The number of aromatic nitrogens is 3. The Morgan fingerprint density at radius 1 is 1.26 bits per heavy atom. The van der Waals surface area contributed by atoms with Crippen LogP contribution in [0.1, 0.15) is 45.3 Å². The van der Waals surface area contributed by atoms with Crippen LogP contribution in [0.25, 0.3) is 5.76 Å².